The maximum atomic E-state index is 4.20. The Morgan fingerprint density at radius 2 is 2.11 bits per heavy atom. The Morgan fingerprint density at radius 1 is 1.44 bits per heavy atom. The fourth-order valence-electron chi connectivity index (χ4n) is 0.716. The molecule has 0 N–H and O–H groups in total. The molecule has 0 aromatic carbocycles. The standard InChI is InChI=1S/C7H12N2/c1-7(2,3)6-4-8-5-9-6/h4H,5H2,1-3H3. The third kappa shape index (κ3) is 1.37. The van der Waals surface area contributed by atoms with E-state index in [-0.39, 0.29) is 5.41 Å². The zero-order valence-corrected chi connectivity index (χ0v) is 6.18. The number of hydrogen-bond acceptors (Lipinski definition) is 2. The average Bonchev–Trinajstić information content (AvgIpc) is 2.08. The third-order valence-electron chi connectivity index (χ3n) is 1.30. The Bertz CT molecular complexity index is 160. The minimum absolute atomic E-state index is 0.181. The van der Waals surface area contributed by atoms with Gasteiger partial charge in [-0.15, -0.1) is 0 Å². The molecule has 0 amide bonds. The van der Waals surface area contributed by atoms with Crippen molar-refractivity contribution in [2.75, 3.05) is 6.67 Å². The van der Waals surface area contributed by atoms with Crippen LogP contribution in [0, 0.1) is 5.41 Å². The maximum Gasteiger partial charge on any atom is 0.129 e. The second-order valence-corrected chi connectivity index (χ2v) is 3.25. The Hall–Kier alpha value is -0.660. The molecular formula is C7H12N2. The summed E-state index contributed by atoms with van der Waals surface area (Å²) in [4.78, 5) is 8.20. The molecule has 1 aliphatic rings. The largest absolute Gasteiger partial charge is 0.268 e. The van der Waals surface area contributed by atoms with Crippen molar-refractivity contribution in [3.05, 3.63) is 0 Å². The molecule has 0 atom stereocenters. The first-order chi connectivity index (χ1) is 4.11. The van der Waals surface area contributed by atoms with E-state index in [0.29, 0.717) is 6.67 Å². The lowest BCUT2D eigenvalue weighted by Gasteiger charge is -2.15. The van der Waals surface area contributed by atoms with Gasteiger partial charge in [0, 0.05) is 11.6 Å². The predicted molar refractivity (Wildman–Crippen MR) is 40.2 cm³/mol. The Balaban J connectivity index is 2.73. The highest BCUT2D eigenvalue weighted by Gasteiger charge is 2.18. The van der Waals surface area contributed by atoms with Crippen LogP contribution in [-0.2, 0) is 0 Å². The van der Waals surface area contributed by atoms with Crippen LogP contribution in [0.25, 0.3) is 0 Å². The highest BCUT2D eigenvalue weighted by Crippen LogP contribution is 2.16. The maximum absolute atomic E-state index is 4.20. The number of aliphatic imine (C=N–C) groups is 2. The smallest absolute Gasteiger partial charge is 0.129 e. The molecule has 0 aliphatic carbocycles. The fourth-order valence-corrected chi connectivity index (χ4v) is 0.716. The fraction of sp³-hybridized carbons (Fsp3) is 0.714. The Morgan fingerprint density at radius 3 is 2.33 bits per heavy atom. The lowest BCUT2D eigenvalue weighted by atomic mass is 9.91. The molecule has 0 saturated heterocycles. The van der Waals surface area contributed by atoms with Crippen LogP contribution in [0.2, 0.25) is 0 Å². The highest BCUT2D eigenvalue weighted by molar-refractivity contribution is 6.33. The van der Waals surface area contributed by atoms with Gasteiger partial charge in [-0.1, -0.05) is 20.8 Å². The van der Waals surface area contributed by atoms with E-state index in [4.69, 9.17) is 0 Å². The third-order valence-corrected chi connectivity index (χ3v) is 1.30. The predicted octanol–water partition coefficient (Wildman–Crippen LogP) is 1.52. The summed E-state index contributed by atoms with van der Waals surface area (Å²) in [5.74, 6) is 0. The summed E-state index contributed by atoms with van der Waals surface area (Å²) in [6, 6.07) is 0. The molecule has 0 radical (unpaired) electrons. The second-order valence-electron chi connectivity index (χ2n) is 3.25. The first-order valence-corrected chi connectivity index (χ1v) is 3.15. The molecule has 9 heavy (non-hydrogen) atoms. The summed E-state index contributed by atoms with van der Waals surface area (Å²) in [5.41, 5.74) is 1.29. The van der Waals surface area contributed by atoms with Gasteiger partial charge in [-0.3, -0.25) is 9.98 Å². The molecule has 0 aromatic heterocycles. The van der Waals surface area contributed by atoms with Gasteiger partial charge in [0.1, 0.15) is 6.67 Å². The summed E-state index contributed by atoms with van der Waals surface area (Å²) in [5, 5.41) is 0. The van der Waals surface area contributed by atoms with Crippen molar-refractivity contribution in [1.82, 2.24) is 0 Å². The lowest BCUT2D eigenvalue weighted by Crippen LogP contribution is -2.19. The minimum atomic E-state index is 0.181. The molecular weight excluding hydrogens is 112 g/mol. The van der Waals surface area contributed by atoms with Crippen molar-refractivity contribution < 1.29 is 0 Å². The summed E-state index contributed by atoms with van der Waals surface area (Å²) < 4.78 is 0. The van der Waals surface area contributed by atoms with Crippen LogP contribution in [-0.4, -0.2) is 18.6 Å². The molecule has 0 fully saturated rings. The van der Waals surface area contributed by atoms with Gasteiger partial charge in [-0.2, -0.15) is 0 Å². The van der Waals surface area contributed by atoms with Crippen molar-refractivity contribution in [1.29, 1.82) is 0 Å². The molecule has 0 saturated carbocycles. The lowest BCUT2D eigenvalue weighted by molar-refractivity contribution is 0.598. The van der Waals surface area contributed by atoms with E-state index in [0.717, 1.165) is 5.71 Å². The van der Waals surface area contributed by atoms with Gasteiger partial charge in [0.2, 0.25) is 0 Å². The van der Waals surface area contributed by atoms with Crippen molar-refractivity contribution in [2.24, 2.45) is 15.4 Å². The summed E-state index contributed by atoms with van der Waals surface area (Å²) in [7, 11) is 0. The van der Waals surface area contributed by atoms with Crippen LogP contribution < -0.4 is 0 Å². The normalized spacial score (nSPS) is 18.3. The summed E-state index contributed by atoms with van der Waals surface area (Å²) in [6.07, 6.45) is 1.86. The van der Waals surface area contributed by atoms with Crippen molar-refractivity contribution in [3.63, 3.8) is 0 Å². The van der Waals surface area contributed by atoms with Gasteiger partial charge < -0.3 is 0 Å². The van der Waals surface area contributed by atoms with E-state index in [1.54, 1.807) is 0 Å². The van der Waals surface area contributed by atoms with Crippen LogP contribution in [0.4, 0.5) is 0 Å². The molecule has 50 valence electrons. The van der Waals surface area contributed by atoms with Gasteiger partial charge >= 0.3 is 0 Å². The van der Waals surface area contributed by atoms with Crippen LogP contribution in [0.1, 0.15) is 20.8 Å². The monoisotopic (exact) mass is 124 g/mol. The average molecular weight is 124 g/mol. The van der Waals surface area contributed by atoms with Crippen LogP contribution >= 0.6 is 0 Å². The van der Waals surface area contributed by atoms with E-state index in [9.17, 15) is 0 Å². The molecule has 2 nitrogen and oxygen atoms in total. The van der Waals surface area contributed by atoms with Gasteiger partial charge in [0.15, 0.2) is 0 Å². The van der Waals surface area contributed by atoms with E-state index >= 15 is 0 Å². The molecule has 2 heteroatoms. The SMILES string of the molecule is CC(C)(C)C1=NCN=C1. The molecule has 0 spiro atoms. The zero-order valence-electron chi connectivity index (χ0n) is 6.18. The topological polar surface area (TPSA) is 24.7 Å². The molecule has 0 aromatic rings. The van der Waals surface area contributed by atoms with Gasteiger partial charge in [-0.05, 0) is 0 Å². The zero-order chi connectivity index (χ0) is 6.91. The number of nitrogens with zero attached hydrogens (tertiary/aromatic N) is 2. The van der Waals surface area contributed by atoms with Crippen molar-refractivity contribution in [2.45, 2.75) is 20.8 Å². The molecule has 1 aliphatic heterocycles. The molecule has 1 heterocycles. The van der Waals surface area contributed by atoms with E-state index in [2.05, 4.69) is 30.8 Å². The van der Waals surface area contributed by atoms with E-state index < -0.39 is 0 Å². The Labute approximate surface area is 55.7 Å². The summed E-state index contributed by atoms with van der Waals surface area (Å²) in [6.45, 7) is 7.06. The minimum Gasteiger partial charge on any atom is -0.268 e. The summed E-state index contributed by atoms with van der Waals surface area (Å²) >= 11 is 0. The first kappa shape index (κ1) is 6.46. The Kier molecular flexibility index (Phi) is 1.39. The van der Waals surface area contributed by atoms with Crippen LogP contribution in [0.15, 0.2) is 9.98 Å². The molecule has 0 unspecified atom stereocenters. The van der Waals surface area contributed by atoms with Gasteiger partial charge in [0.05, 0.1) is 5.71 Å². The van der Waals surface area contributed by atoms with Gasteiger partial charge in [-0.25, -0.2) is 0 Å². The first-order valence-electron chi connectivity index (χ1n) is 3.15. The second kappa shape index (κ2) is 1.94. The van der Waals surface area contributed by atoms with Crippen molar-refractivity contribution >= 4 is 11.9 Å². The van der Waals surface area contributed by atoms with E-state index in [1.807, 2.05) is 6.21 Å². The number of rotatable bonds is 0. The molecule has 1 rings (SSSR count). The highest BCUT2D eigenvalue weighted by atomic mass is 15.0. The van der Waals surface area contributed by atoms with Crippen LogP contribution in [0.3, 0.4) is 0 Å². The van der Waals surface area contributed by atoms with Crippen LogP contribution in [0.5, 0.6) is 0 Å². The van der Waals surface area contributed by atoms with Gasteiger partial charge in [0.25, 0.3) is 0 Å². The van der Waals surface area contributed by atoms with E-state index in [1.165, 1.54) is 0 Å². The number of hydrogen-bond donors (Lipinski definition) is 0. The van der Waals surface area contributed by atoms with Crippen molar-refractivity contribution in [3.8, 4) is 0 Å². The molecule has 0 bridgehead atoms. The quantitative estimate of drug-likeness (QED) is 0.467.